The van der Waals surface area contributed by atoms with E-state index in [2.05, 4.69) is 0 Å². The minimum atomic E-state index is -0.0704. The van der Waals surface area contributed by atoms with E-state index >= 15 is 0 Å². The lowest BCUT2D eigenvalue weighted by atomic mass is 9.83. The largest absolute Gasteiger partial charge is 0.459 e. The molecule has 0 bridgehead atoms. The maximum absolute atomic E-state index is 13.3. The van der Waals surface area contributed by atoms with E-state index in [-0.39, 0.29) is 29.7 Å². The molecular weight excluding hydrogens is 394 g/mol. The van der Waals surface area contributed by atoms with Crippen molar-refractivity contribution in [1.82, 2.24) is 9.80 Å². The van der Waals surface area contributed by atoms with Crippen LogP contribution in [0.3, 0.4) is 0 Å². The number of hydrogen-bond donors (Lipinski definition) is 0. The van der Waals surface area contributed by atoms with E-state index in [9.17, 15) is 14.4 Å². The van der Waals surface area contributed by atoms with Crippen molar-refractivity contribution < 1.29 is 18.8 Å². The van der Waals surface area contributed by atoms with Crippen LogP contribution >= 0.6 is 0 Å². The molecule has 0 radical (unpaired) electrons. The van der Waals surface area contributed by atoms with Gasteiger partial charge in [-0.1, -0.05) is 0 Å². The van der Waals surface area contributed by atoms with Crippen molar-refractivity contribution in [1.29, 1.82) is 0 Å². The maximum atomic E-state index is 13.3. The summed E-state index contributed by atoms with van der Waals surface area (Å²) in [6.45, 7) is 2.78. The zero-order valence-electron chi connectivity index (χ0n) is 17.5. The van der Waals surface area contributed by atoms with Crippen LogP contribution in [0.4, 0.5) is 5.69 Å². The monoisotopic (exact) mass is 421 g/mol. The number of anilines is 1. The Morgan fingerprint density at radius 1 is 0.935 bits per heavy atom. The molecule has 31 heavy (non-hydrogen) atoms. The second-order valence-corrected chi connectivity index (χ2v) is 8.68. The van der Waals surface area contributed by atoms with Gasteiger partial charge in [0, 0.05) is 49.9 Å². The lowest BCUT2D eigenvalue weighted by molar-refractivity contribution is -0.117. The summed E-state index contributed by atoms with van der Waals surface area (Å²) in [5.41, 5.74) is 1.52. The zero-order chi connectivity index (χ0) is 21.4. The maximum Gasteiger partial charge on any atom is 0.289 e. The summed E-state index contributed by atoms with van der Waals surface area (Å²) < 4.78 is 5.27. The van der Waals surface area contributed by atoms with Crippen molar-refractivity contribution in [3.05, 3.63) is 54.0 Å². The quantitative estimate of drug-likeness (QED) is 0.763. The van der Waals surface area contributed by atoms with Crippen LogP contribution in [0.1, 0.15) is 53.0 Å². The third-order valence-corrected chi connectivity index (χ3v) is 6.85. The number of piperidine rings is 2. The molecule has 3 saturated heterocycles. The highest BCUT2D eigenvalue weighted by Crippen LogP contribution is 2.32. The molecule has 3 aliphatic rings. The molecule has 5 rings (SSSR count). The molecule has 1 aromatic heterocycles. The Hall–Kier alpha value is -3.09. The highest BCUT2D eigenvalue weighted by molar-refractivity contribution is 5.98. The molecule has 7 nitrogen and oxygen atoms in total. The average Bonchev–Trinajstić information content (AvgIpc) is 3.49. The van der Waals surface area contributed by atoms with Gasteiger partial charge in [-0.15, -0.1) is 0 Å². The summed E-state index contributed by atoms with van der Waals surface area (Å²) >= 11 is 0. The SMILES string of the molecule is O=C(c1ccco1)N1CC[C@H]2[C@H](CCCN2C(=O)c2ccc(N3CCCC3=O)cc2)C1. The molecule has 0 N–H and O–H groups in total. The van der Waals surface area contributed by atoms with Gasteiger partial charge in [-0.2, -0.15) is 0 Å². The molecule has 2 atom stereocenters. The second-order valence-electron chi connectivity index (χ2n) is 8.68. The molecule has 3 amide bonds. The molecule has 0 saturated carbocycles. The van der Waals surface area contributed by atoms with Gasteiger partial charge in [0.25, 0.3) is 11.8 Å². The third-order valence-electron chi connectivity index (χ3n) is 6.85. The fourth-order valence-corrected chi connectivity index (χ4v) is 5.27. The highest BCUT2D eigenvalue weighted by atomic mass is 16.3. The number of furan rings is 1. The lowest BCUT2D eigenvalue weighted by Crippen LogP contribution is -2.56. The van der Waals surface area contributed by atoms with Gasteiger partial charge >= 0.3 is 0 Å². The summed E-state index contributed by atoms with van der Waals surface area (Å²) in [7, 11) is 0. The molecule has 4 heterocycles. The summed E-state index contributed by atoms with van der Waals surface area (Å²) in [4.78, 5) is 43.6. The number of carbonyl (C=O) groups excluding carboxylic acids is 3. The Balaban J connectivity index is 1.27. The fraction of sp³-hybridized carbons (Fsp3) is 0.458. The number of rotatable bonds is 3. The molecule has 0 spiro atoms. The van der Waals surface area contributed by atoms with Crippen molar-refractivity contribution >= 4 is 23.4 Å². The van der Waals surface area contributed by atoms with Gasteiger partial charge < -0.3 is 19.1 Å². The Labute approximate surface area is 181 Å². The van der Waals surface area contributed by atoms with Crippen LogP contribution in [0.5, 0.6) is 0 Å². The minimum absolute atomic E-state index is 0.0415. The first-order valence-electron chi connectivity index (χ1n) is 11.2. The topological polar surface area (TPSA) is 74.1 Å². The van der Waals surface area contributed by atoms with Gasteiger partial charge in [-0.05, 0) is 68.0 Å². The smallest absolute Gasteiger partial charge is 0.289 e. The Morgan fingerprint density at radius 2 is 1.77 bits per heavy atom. The number of fused-ring (bicyclic) bond motifs is 1. The second kappa shape index (κ2) is 8.21. The molecule has 7 heteroatoms. The van der Waals surface area contributed by atoms with Gasteiger partial charge in [-0.25, -0.2) is 0 Å². The first kappa shape index (κ1) is 19.8. The molecule has 2 aromatic rings. The Morgan fingerprint density at radius 3 is 2.48 bits per heavy atom. The van der Waals surface area contributed by atoms with E-state index in [1.807, 2.05) is 34.1 Å². The normalized spacial score (nSPS) is 23.7. The van der Waals surface area contributed by atoms with E-state index in [0.717, 1.165) is 44.5 Å². The predicted molar refractivity (Wildman–Crippen MR) is 115 cm³/mol. The van der Waals surface area contributed by atoms with Crippen molar-refractivity contribution in [3.8, 4) is 0 Å². The third kappa shape index (κ3) is 3.73. The van der Waals surface area contributed by atoms with E-state index in [1.165, 1.54) is 6.26 Å². The van der Waals surface area contributed by atoms with E-state index in [1.54, 1.807) is 17.0 Å². The van der Waals surface area contributed by atoms with Crippen molar-refractivity contribution in [3.63, 3.8) is 0 Å². The van der Waals surface area contributed by atoms with Crippen molar-refractivity contribution in [2.24, 2.45) is 5.92 Å². The number of carbonyl (C=O) groups is 3. The molecular formula is C24H27N3O4. The van der Waals surface area contributed by atoms with Crippen LogP contribution in [0.2, 0.25) is 0 Å². The molecule has 3 aliphatic heterocycles. The predicted octanol–water partition coefficient (Wildman–Crippen LogP) is 3.17. The number of amides is 3. The molecule has 1 aromatic carbocycles. The lowest BCUT2D eigenvalue weighted by Gasteiger charge is -2.47. The number of hydrogen-bond acceptors (Lipinski definition) is 4. The van der Waals surface area contributed by atoms with E-state index < -0.39 is 0 Å². The number of nitrogens with zero attached hydrogens (tertiary/aromatic N) is 3. The fourth-order valence-electron chi connectivity index (χ4n) is 5.27. The van der Waals surface area contributed by atoms with Crippen LogP contribution in [0.25, 0.3) is 0 Å². The highest BCUT2D eigenvalue weighted by Gasteiger charge is 2.40. The number of benzene rings is 1. The number of likely N-dealkylation sites (tertiary alicyclic amines) is 2. The van der Waals surface area contributed by atoms with E-state index in [4.69, 9.17) is 4.42 Å². The molecule has 0 unspecified atom stereocenters. The minimum Gasteiger partial charge on any atom is -0.459 e. The summed E-state index contributed by atoms with van der Waals surface area (Å²) in [5, 5.41) is 0. The summed E-state index contributed by atoms with van der Waals surface area (Å²) in [5.74, 6) is 0.776. The van der Waals surface area contributed by atoms with Crippen LogP contribution in [-0.4, -0.2) is 59.7 Å². The average molecular weight is 421 g/mol. The Kier molecular flexibility index (Phi) is 5.26. The van der Waals surface area contributed by atoms with Gasteiger partial charge in [-0.3, -0.25) is 14.4 Å². The standard InChI is InChI=1S/C24H27N3O4/c28-22-6-2-12-26(22)19-9-7-17(8-10-19)23(29)27-13-1-4-18-16-25(14-11-20(18)27)24(30)21-5-3-15-31-21/h3,5,7-10,15,18,20H,1-2,4,6,11-14,16H2/t18-,20+/m1/s1. The molecule has 3 fully saturated rings. The summed E-state index contributed by atoms with van der Waals surface area (Å²) in [6.07, 6.45) is 5.74. The van der Waals surface area contributed by atoms with Gasteiger partial charge in [0.2, 0.25) is 5.91 Å². The Bertz CT molecular complexity index is 969. The van der Waals surface area contributed by atoms with Crippen molar-refractivity contribution in [2.45, 2.75) is 38.1 Å². The van der Waals surface area contributed by atoms with Gasteiger partial charge in [0.05, 0.1) is 6.26 Å². The zero-order valence-corrected chi connectivity index (χ0v) is 17.5. The molecule has 162 valence electrons. The van der Waals surface area contributed by atoms with E-state index in [0.29, 0.717) is 30.8 Å². The van der Waals surface area contributed by atoms with Gasteiger partial charge in [0.15, 0.2) is 5.76 Å². The first-order valence-corrected chi connectivity index (χ1v) is 11.2. The van der Waals surface area contributed by atoms with Crippen LogP contribution in [0, 0.1) is 5.92 Å². The van der Waals surface area contributed by atoms with Gasteiger partial charge in [0.1, 0.15) is 0 Å². The first-order chi connectivity index (χ1) is 15.1. The summed E-state index contributed by atoms with van der Waals surface area (Å²) in [6, 6.07) is 11.0. The van der Waals surface area contributed by atoms with Crippen molar-refractivity contribution in [2.75, 3.05) is 31.1 Å². The van der Waals surface area contributed by atoms with Crippen LogP contribution in [-0.2, 0) is 4.79 Å². The van der Waals surface area contributed by atoms with Crippen LogP contribution in [0.15, 0.2) is 47.1 Å². The van der Waals surface area contributed by atoms with Crippen LogP contribution < -0.4 is 4.90 Å². The molecule has 0 aliphatic carbocycles.